The van der Waals surface area contributed by atoms with E-state index in [1.807, 2.05) is 0 Å². The molecule has 22 heavy (non-hydrogen) atoms. The van der Waals surface area contributed by atoms with E-state index < -0.39 is 22.9 Å². The second-order valence-electron chi connectivity index (χ2n) is 4.76. The molecule has 1 amide bonds. The number of carbonyl (C=O) groups excluding carboxylic acids is 1. The lowest BCUT2D eigenvalue weighted by Gasteiger charge is -2.32. The number of hydrogen-bond acceptors (Lipinski definition) is 5. The average Bonchev–Trinajstić information content (AvgIpc) is 2.46. The Morgan fingerprint density at radius 1 is 1.50 bits per heavy atom. The van der Waals surface area contributed by atoms with Gasteiger partial charge < -0.3 is 14.7 Å². The molecule has 0 aromatic heterocycles. The average molecular weight is 373 g/mol. The van der Waals surface area contributed by atoms with Crippen LogP contribution in [-0.4, -0.2) is 52.6 Å². The second-order valence-corrected chi connectivity index (χ2v) is 5.68. The Labute approximate surface area is 133 Å². The van der Waals surface area contributed by atoms with Gasteiger partial charge in [0.1, 0.15) is 5.56 Å². The van der Waals surface area contributed by atoms with E-state index in [-0.39, 0.29) is 37.4 Å². The minimum absolute atomic E-state index is 0.0239. The summed E-state index contributed by atoms with van der Waals surface area (Å²) in [6, 6.07) is 4.20. The van der Waals surface area contributed by atoms with Crippen molar-refractivity contribution in [2.45, 2.75) is 12.5 Å². The Bertz CT molecular complexity index is 621. The van der Waals surface area contributed by atoms with E-state index in [2.05, 4.69) is 15.9 Å². The first-order valence-corrected chi connectivity index (χ1v) is 7.24. The Kier molecular flexibility index (Phi) is 5.09. The van der Waals surface area contributed by atoms with Crippen molar-refractivity contribution in [3.63, 3.8) is 0 Å². The number of aliphatic carboxylic acids is 1. The number of amides is 1. The van der Waals surface area contributed by atoms with Crippen LogP contribution in [0.3, 0.4) is 0 Å². The first-order chi connectivity index (χ1) is 10.4. The van der Waals surface area contributed by atoms with E-state index in [0.29, 0.717) is 4.47 Å². The lowest BCUT2D eigenvalue weighted by Crippen LogP contribution is -2.46. The molecule has 1 N–H and O–H groups in total. The highest BCUT2D eigenvalue weighted by Gasteiger charge is 2.30. The monoisotopic (exact) mass is 372 g/mol. The van der Waals surface area contributed by atoms with Gasteiger partial charge >= 0.3 is 5.97 Å². The van der Waals surface area contributed by atoms with Crippen LogP contribution < -0.4 is 0 Å². The first-order valence-electron chi connectivity index (χ1n) is 6.45. The molecule has 1 aliphatic heterocycles. The van der Waals surface area contributed by atoms with Crippen molar-refractivity contribution in [3.05, 3.63) is 38.3 Å². The predicted molar refractivity (Wildman–Crippen MR) is 78.7 cm³/mol. The molecule has 0 radical (unpaired) electrons. The number of nitrogens with zero attached hydrogens (tertiary/aromatic N) is 2. The highest BCUT2D eigenvalue weighted by Crippen LogP contribution is 2.25. The number of benzene rings is 1. The highest BCUT2D eigenvalue weighted by atomic mass is 79.9. The number of ether oxygens (including phenoxy) is 1. The van der Waals surface area contributed by atoms with E-state index in [0.717, 1.165) is 0 Å². The van der Waals surface area contributed by atoms with Crippen molar-refractivity contribution in [1.29, 1.82) is 0 Å². The van der Waals surface area contributed by atoms with Gasteiger partial charge in [-0.1, -0.05) is 15.9 Å². The first kappa shape index (κ1) is 16.4. The minimum atomic E-state index is -1.02. The maximum atomic E-state index is 12.5. The summed E-state index contributed by atoms with van der Waals surface area (Å²) in [5, 5.41) is 19.9. The summed E-state index contributed by atoms with van der Waals surface area (Å²) < 4.78 is 5.79. The fourth-order valence-electron chi connectivity index (χ4n) is 2.23. The normalized spacial score (nSPS) is 18.0. The third kappa shape index (κ3) is 3.80. The van der Waals surface area contributed by atoms with Crippen LogP contribution in [0.25, 0.3) is 0 Å². The Balaban J connectivity index is 2.21. The van der Waals surface area contributed by atoms with E-state index in [9.17, 15) is 19.7 Å². The number of nitro groups is 1. The molecule has 1 fully saturated rings. The maximum absolute atomic E-state index is 12.5. The Morgan fingerprint density at radius 2 is 2.23 bits per heavy atom. The number of nitro benzene ring substituents is 1. The summed E-state index contributed by atoms with van der Waals surface area (Å²) in [7, 11) is 0. The van der Waals surface area contributed by atoms with Crippen molar-refractivity contribution >= 4 is 33.5 Å². The zero-order valence-corrected chi connectivity index (χ0v) is 13.0. The summed E-state index contributed by atoms with van der Waals surface area (Å²) in [6.07, 6.45) is -0.823. The van der Waals surface area contributed by atoms with Crippen molar-refractivity contribution in [2.75, 3.05) is 19.7 Å². The molecule has 1 saturated heterocycles. The molecule has 0 spiro atoms. The Hall–Kier alpha value is -2.00. The fourth-order valence-corrected chi connectivity index (χ4v) is 2.58. The molecule has 1 atom stereocenters. The number of carbonyl (C=O) groups is 2. The van der Waals surface area contributed by atoms with Crippen LogP contribution in [0.1, 0.15) is 16.8 Å². The molecule has 118 valence electrons. The van der Waals surface area contributed by atoms with Crippen molar-refractivity contribution in [3.8, 4) is 0 Å². The van der Waals surface area contributed by atoms with Crippen LogP contribution in [0.2, 0.25) is 0 Å². The van der Waals surface area contributed by atoms with Gasteiger partial charge in [0.15, 0.2) is 0 Å². The number of rotatable bonds is 4. The van der Waals surface area contributed by atoms with E-state index in [4.69, 9.17) is 9.84 Å². The molecule has 1 heterocycles. The topological polar surface area (TPSA) is 110 Å². The summed E-state index contributed by atoms with van der Waals surface area (Å²) in [6.45, 7) is 0.564. The van der Waals surface area contributed by atoms with E-state index in [1.165, 1.54) is 17.0 Å². The largest absolute Gasteiger partial charge is 0.481 e. The van der Waals surface area contributed by atoms with Crippen LogP contribution in [0, 0.1) is 10.1 Å². The van der Waals surface area contributed by atoms with Crippen LogP contribution >= 0.6 is 15.9 Å². The predicted octanol–water partition coefficient (Wildman–Crippen LogP) is 1.67. The molecule has 1 aromatic rings. The lowest BCUT2D eigenvalue weighted by molar-refractivity contribution is -0.385. The zero-order valence-electron chi connectivity index (χ0n) is 11.4. The van der Waals surface area contributed by atoms with Gasteiger partial charge in [-0.2, -0.15) is 0 Å². The number of halogens is 1. The van der Waals surface area contributed by atoms with Crippen LogP contribution in [0.4, 0.5) is 5.69 Å². The van der Waals surface area contributed by atoms with Crippen LogP contribution in [0.15, 0.2) is 22.7 Å². The van der Waals surface area contributed by atoms with E-state index in [1.54, 1.807) is 6.07 Å². The van der Waals surface area contributed by atoms with Crippen LogP contribution in [0.5, 0.6) is 0 Å². The van der Waals surface area contributed by atoms with Gasteiger partial charge in [-0.25, -0.2) is 0 Å². The zero-order chi connectivity index (χ0) is 16.3. The molecule has 9 heteroatoms. The SMILES string of the molecule is O=C(O)CC1CN(C(=O)c2ccc(Br)cc2[N+](=O)[O-])CCO1. The molecule has 1 aromatic carbocycles. The molecule has 8 nitrogen and oxygen atoms in total. The standard InChI is InChI=1S/C13H13BrN2O6/c14-8-1-2-10(11(5-8)16(20)21)13(19)15-3-4-22-9(7-15)6-12(17)18/h1-2,5,9H,3-4,6-7H2,(H,17,18). The molecule has 1 aliphatic rings. The minimum Gasteiger partial charge on any atom is -0.481 e. The van der Waals surface area contributed by atoms with Gasteiger partial charge in [-0.05, 0) is 12.1 Å². The maximum Gasteiger partial charge on any atom is 0.306 e. The molecule has 0 saturated carbocycles. The van der Waals surface area contributed by atoms with Crippen LogP contribution in [-0.2, 0) is 9.53 Å². The number of carboxylic acids is 1. The fraction of sp³-hybridized carbons (Fsp3) is 0.385. The smallest absolute Gasteiger partial charge is 0.306 e. The van der Waals surface area contributed by atoms with E-state index >= 15 is 0 Å². The highest BCUT2D eigenvalue weighted by molar-refractivity contribution is 9.10. The van der Waals surface area contributed by atoms with Crippen molar-refractivity contribution in [1.82, 2.24) is 4.90 Å². The molecule has 1 unspecified atom stereocenters. The van der Waals surface area contributed by atoms with Gasteiger partial charge in [0.25, 0.3) is 11.6 Å². The molecule has 0 bridgehead atoms. The molecule has 2 rings (SSSR count). The number of hydrogen-bond donors (Lipinski definition) is 1. The number of carboxylic acid groups (broad SMARTS) is 1. The second kappa shape index (κ2) is 6.84. The third-order valence-electron chi connectivity index (χ3n) is 3.22. The molecular weight excluding hydrogens is 360 g/mol. The molecular formula is C13H13BrN2O6. The number of morpholine rings is 1. The van der Waals surface area contributed by atoms with Gasteiger partial charge in [0.05, 0.1) is 24.1 Å². The third-order valence-corrected chi connectivity index (χ3v) is 3.71. The quantitative estimate of drug-likeness (QED) is 0.635. The summed E-state index contributed by atoms with van der Waals surface area (Å²) in [4.78, 5) is 35.0. The van der Waals surface area contributed by atoms with Gasteiger partial charge in [-0.15, -0.1) is 0 Å². The van der Waals surface area contributed by atoms with Crippen molar-refractivity contribution in [2.24, 2.45) is 0 Å². The molecule has 0 aliphatic carbocycles. The van der Waals surface area contributed by atoms with Crippen molar-refractivity contribution < 1.29 is 24.4 Å². The van der Waals surface area contributed by atoms with Gasteiger partial charge in [0.2, 0.25) is 0 Å². The Morgan fingerprint density at radius 3 is 2.86 bits per heavy atom. The van der Waals surface area contributed by atoms with Gasteiger partial charge in [-0.3, -0.25) is 19.7 Å². The van der Waals surface area contributed by atoms with Gasteiger partial charge in [0, 0.05) is 23.6 Å². The summed E-state index contributed by atoms with van der Waals surface area (Å²) >= 11 is 3.13. The summed E-state index contributed by atoms with van der Waals surface area (Å²) in [5.41, 5.74) is -0.315. The summed E-state index contributed by atoms with van der Waals surface area (Å²) in [5.74, 6) is -1.52. The lowest BCUT2D eigenvalue weighted by atomic mass is 10.1.